The number of hydrogen-bond donors (Lipinski definition) is 0. The highest BCUT2D eigenvalue weighted by atomic mass is 32.2. The third-order valence-electron chi connectivity index (χ3n) is 4.50. The minimum absolute atomic E-state index is 0.116. The third kappa shape index (κ3) is 5.63. The van der Waals surface area contributed by atoms with Crippen molar-refractivity contribution in [1.82, 2.24) is 4.90 Å². The van der Waals surface area contributed by atoms with Crippen LogP contribution in [0.25, 0.3) is 0 Å². The van der Waals surface area contributed by atoms with Crippen molar-refractivity contribution in [3.05, 3.63) is 24.3 Å². The first-order valence-corrected chi connectivity index (χ1v) is 10.6. The molecule has 0 aromatic heterocycles. The van der Waals surface area contributed by atoms with Crippen LogP contribution in [0.3, 0.4) is 0 Å². The fraction of sp³-hybridized carbons (Fsp3) is 0.611. The molecule has 0 spiro atoms. The summed E-state index contributed by atoms with van der Waals surface area (Å²) in [5.41, 5.74) is 0.556. The van der Waals surface area contributed by atoms with Gasteiger partial charge in [0, 0.05) is 32.1 Å². The second kappa shape index (κ2) is 8.56. The van der Waals surface area contributed by atoms with Gasteiger partial charge in [-0.05, 0) is 37.3 Å². The molecule has 0 saturated carbocycles. The van der Waals surface area contributed by atoms with Gasteiger partial charge in [0.25, 0.3) is 0 Å². The van der Waals surface area contributed by atoms with E-state index in [4.69, 9.17) is 4.74 Å². The first-order valence-electron chi connectivity index (χ1n) is 8.71. The predicted octanol–water partition coefficient (Wildman–Crippen LogP) is 2.50. The highest BCUT2D eigenvalue weighted by Crippen LogP contribution is 2.24. The summed E-state index contributed by atoms with van der Waals surface area (Å²) in [7, 11) is -1.88. The molecule has 0 radical (unpaired) electrons. The summed E-state index contributed by atoms with van der Waals surface area (Å²) in [4.78, 5) is 14.3. The number of anilines is 1. The van der Waals surface area contributed by atoms with Gasteiger partial charge < -0.3 is 9.64 Å². The molecule has 1 aliphatic rings. The van der Waals surface area contributed by atoms with E-state index in [1.807, 2.05) is 4.90 Å². The first-order chi connectivity index (χ1) is 11.8. The van der Waals surface area contributed by atoms with Crippen LogP contribution >= 0.6 is 0 Å². The molecule has 140 valence electrons. The molecule has 1 atom stereocenters. The van der Waals surface area contributed by atoms with E-state index in [2.05, 4.69) is 6.92 Å². The van der Waals surface area contributed by atoms with Gasteiger partial charge in [-0.2, -0.15) is 0 Å². The fourth-order valence-corrected chi connectivity index (χ4v) is 4.16. The minimum atomic E-state index is -3.42. The number of sulfonamides is 1. The standard InChI is InChI=1S/C18H28N2O4S/c1-15-7-5-11-19(14-15)18(21)10-6-12-20(25(3,22)23)16-8-4-9-17(13-16)24-2/h4,8-9,13,15H,5-7,10-12,14H2,1-3H3/t15-/m1/s1. The summed E-state index contributed by atoms with van der Waals surface area (Å²) in [6, 6.07) is 6.95. The molecule has 25 heavy (non-hydrogen) atoms. The Morgan fingerprint density at radius 2 is 2.16 bits per heavy atom. The van der Waals surface area contributed by atoms with Crippen molar-refractivity contribution >= 4 is 21.6 Å². The Labute approximate surface area is 150 Å². The van der Waals surface area contributed by atoms with Gasteiger partial charge in [-0.3, -0.25) is 9.10 Å². The first kappa shape index (κ1) is 19.6. The van der Waals surface area contributed by atoms with Crippen LogP contribution in [0.4, 0.5) is 5.69 Å². The molecular weight excluding hydrogens is 340 g/mol. The molecular formula is C18H28N2O4S. The van der Waals surface area contributed by atoms with Crippen LogP contribution < -0.4 is 9.04 Å². The Morgan fingerprint density at radius 1 is 1.40 bits per heavy atom. The van der Waals surface area contributed by atoms with Crippen LogP contribution in [0.1, 0.15) is 32.6 Å². The summed E-state index contributed by atoms with van der Waals surface area (Å²) in [5, 5.41) is 0. The van der Waals surface area contributed by atoms with E-state index < -0.39 is 10.0 Å². The molecule has 1 aromatic carbocycles. The monoisotopic (exact) mass is 368 g/mol. The van der Waals surface area contributed by atoms with Crippen LogP contribution in [0.5, 0.6) is 5.75 Å². The van der Waals surface area contributed by atoms with Crippen LogP contribution in [0, 0.1) is 5.92 Å². The fourth-order valence-electron chi connectivity index (χ4n) is 3.20. The molecule has 0 aliphatic carbocycles. The van der Waals surface area contributed by atoms with Gasteiger partial charge in [-0.25, -0.2) is 8.42 Å². The van der Waals surface area contributed by atoms with Gasteiger partial charge in [-0.15, -0.1) is 0 Å². The lowest BCUT2D eigenvalue weighted by Gasteiger charge is -2.31. The number of benzene rings is 1. The van der Waals surface area contributed by atoms with Crippen molar-refractivity contribution < 1.29 is 17.9 Å². The van der Waals surface area contributed by atoms with Crippen molar-refractivity contribution in [3.63, 3.8) is 0 Å². The van der Waals surface area contributed by atoms with E-state index in [-0.39, 0.29) is 12.5 Å². The molecule has 1 saturated heterocycles. The Kier molecular flexibility index (Phi) is 6.70. The summed E-state index contributed by atoms with van der Waals surface area (Å²) in [6.45, 7) is 4.06. The number of hydrogen-bond acceptors (Lipinski definition) is 4. The Morgan fingerprint density at radius 3 is 2.80 bits per heavy atom. The molecule has 6 nitrogen and oxygen atoms in total. The highest BCUT2D eigenvalue weighted by Gasteiger charge is 2.22. The van der Waals surface area contributed by atoms with Crippen molar-refractivity contribution in [3.8, 4) is 5.75 Å². The maximum Gasteiger partial charge on any atom is 0.232 e. The smallest absolute Gasteiger partial charge is 0.232 e. The summed E-state index contributed by atoms with van der Waals surface area (Å²) in [6.07, 6.45) is 4.25. The largest absolute Gasteiger partial charge is 0.497 e. The van der Waals surface area contributed by atoms with E-state index in [1.165, 1.54) is 17.0 Å². The molecule has 7 heteroatoms. The Bertz CT molecular complexity index is 690. The molecule has 1 aromatic rings. The van der Waals surface area contributed by atoms with Crippen molar-refractivity contribution in [2.45, 2.75) is 32.6 Å². The topological polar surface area (TPSA) is 66.9 Å². The van der Waals surface area contributed by atoms with Crippen LogP contribution in [-0.4, -0.2) is 52.2 Å². The maximum absolute atomic E-state index is 12.3. The van der Waals surface area contributed by atoms with E-state index in [9.17, 15) is 13.2 Å². The third-order valence-corrected chi connectivity index (χ3v) is 5.70. The molecule has 0 unspecified atom stereocenters. The Hall–Kier alpha value is -1.76. The number of carbonyl (C=O) groups excluding carboxylic acids is 1. The van der Waals surface area contributed by atoms with Crippen LogP contribution in [0.15, 0.2) is 24.3 Å². The van der Waals surface area contributed by atoms with Crippen molar-refractivity contribution in [2.75, 3.05) is 37.3 Å². The molecule has 1 fully saturated rings. The molecule has 1 aliphatic heterocycles. The number of ether oxygens (including phenoxy) is 1. The van der Waals surface area contributed by atoms with E-state index in [0.717, 1.165) is 19.5 Å². The normalized spacial score (nSPS) is 18.0. The number of methoxy groups -OCH3 is 1. The average molecular weight is 368 g/mol. The molecule has 2 rings (SSSR count). The lowest BCUT2D eigenvalue weighted by molar-refractivity contribution is -0.132. The lowest BCUT2D eigenvalue weighted by atomic mass is 10.00. The quantitative estimate of drug-likeness (QED) is 0.742. The average Bonchev–Trinajstić information content (AvgIpc) is 2.57. The Balaban J connectivity index is 1.97. The van der Waals surface area contributed by atoms with Crippen LogP contribution in [0.2, 0.25) is 0 Å². The number of nitrogens with zero attached hydrogens (tertiary/aromatic N) is 2. The van der Waals surface area contributed by atoms with Crippen molar-refractivity contribution in [1.29, 1.82) is 0 Å². The number of likely N-dealkylation sites (tertiary alicyclic amines) is 1. The maximum atomic E-state index is 12.3. The SMILES string of the molecule is COc1cccc(N(CCCC(=O)N2CCC[C@@H](C)C2)S(C)(=O)=O)c1. The molecule has 0 bridgehead atoms. The van der Waals surface area contributed by atoms with Gasteiger partial charge in [0.15, 0.2) is 0 Å². The van der Waals surface area contributed by atoms with Crippen LogP contribution in [-0.2, 0) is 14.8 Å². The number of amides is 1. The summed E-state index contributed by atoms with van der Waals surface area (Å²) >= 11 is 0. The number of rotatable bonds is 7. The summed E-state index contributed by atoms with van der Waals surface area (Å²) in [5.74, 6) is 1.26. The van der Waals surface area contributed by atoms with Gasteiger partial charge >= 0.3 is 0 Å². The lowest BCUT2D eigenvalue weighted by Crippen LogP contribution is -2.39. The number of carbonyl (C=O) groups is 1. The predicted molar refractivity (Wildman–Crippen MR) is 99.4 cm³/mol. The highest BCUT2D eigenvalue weighted by molar-refractivity contribution is 7.92. The van der Waals surface area contributed by atoms with E-state index in [0.29, 0.717) is 30.2 Å². The molecule has 1 heterocycles. The van der Waals surface area contributed by atoms with Gasteiger partial charge in [0.05, 0.1) is 19.1 Å². The second-order valence-electron chi connectivity index (χ2n) is 6.73. The van der Waals surface area contributed by atoms with Gasteiger partial charge in [-0.1, -0.05) is 13.0 Å². The van der Waals surface area contributed by atoms with E-state index >= 15 is 0 Å². The van der Waals surface area contributed by atoms with Crippen molar-refractivity contribution in [2.24, 2.45) is 5.92 Å². The second-order valence-corrected chi connectivity index (χ2v) is 8.63. The zero-order chi connectivity index (χ0) is 18.4. The van der Waals surface area contributed by atoms with E-state index in [1.54, 1.807) is 31.4 Å². The zero-order valence-corrected chi connectivity index (χ0v) is 16.1. The molecule has 0 N–H and O–H groups in total. The summed E-state index contributed by atoms with van der Waals surface area (Å²) < 4.78 is 30.8. The zero-order valence-electron chi connectivity index (χ0n) is 15.3. The van der Waals surface area contributed by atoms with Gasteiger partial charge in [0.2, 0.25) is 15.9 Å². The molecule has 1 amide bonds. The minimum Gasteiger partial charge on any atom is -0.497 e. The van der Waals surface area contributed by atoms with Gasteiger partial charge in [0.1, 0.15) is 5.75 Å². The number of piperidine rings is 1.